The van der Waals surface area contributed by atoms with Crippen molar-refractivity contribution in [2.45, 2.75) is 45.4 Å². The van der Waals surface area contributed by atoms with Crippen LogP contribution in [0.3, 0.4) is 0 Å². The zero-order valence-corrected chi connectivity index (χ0v) is 9.89. The van der Waals surface area contributed by atoms with E-state index in [0.29, 0.717) is 6.54 Å². The van der Waals surface area contributed by atoms with Gasteiger partial charge in [-0.1, -0.05) is 39.0 Å². The summed E-state index contributed by atoms with van der Waals surface area (Å²) in [6.45, 7) is 3.92. The molecule has 0 bridgehead atoms. The van der Waals surface area contributed by atoms with Crippen LogP contribution in [0.25, 0.3) is 0 Å². The van der Waals surface area contributed by atoms with Crippen molar-refractivity contribution in [2.75, 3.05) is 26.7 Å². The lowest BCUT2D eigenvalue weighted by molar-refractivity contribution is 0.306. The largest absolute Gasteiger partial charge is 0.395 e. The van der Waals surface area contributed by atoms with Gasteiger partial charge in [-0.05, 0) is 20.0 Å². The maximum atomic E-state index is 7.75. The summed E-state index contributed by atoms with van der Waals surface area (Å²) >= 11 is 0. The van der Waals surface area contributed by atoms with Crippen molar-refractivity contribution < 1.29 is 5.11 Å². The van der Waals surface area contributed by atoms with Gasteiger partial charge in [0.15, 0.2) is 0 Å². The standard InChI is InChI=1S/C9H21N.C2H7NO/c1-3-4-5-6-7-8-9-10-2;3-1-2-4/h10H,3-9H2,1-2H3;4H,1-3H2. The van der Waals surface area contributed by atoms with Crippen molar-refractivity contribution in [3.05, 3.63) is 0 Å². The molecule has 4 N–H and O–H groups in total. The smallest absolute Gasteiger partial charge is 0.0553 e. The normalized spacial score (nSPS) is 9.43. The summed E-state index contributed by atoms with van der Waals surface area (Å²) in [6, 6.07) is 0. The van der Waals surface area contributed by atoms with Crippen LogP contribution in [0.1, 0.15) is 45.4 Å². The molecule has 3 nitrogen and oxygen atoms in total. The van der Waals surface area contributed by atoms with E-state index in [1.165, 1.54) is 45.1 Å². The van der Waals surface area contributed by atoms with Gasteiger partial charge in [0.25, 0.3) is 0 Å². The average molecular weight is 204 g/mol. The molecule has 14 heavy (non-hydrogen) atoms. The molecular weight excluding hydrogens is 176 g/mol. The van der Waals surface area contributed by atoms with Crippen LogP contribution in [0.2, 0.25) is 0 Å². The topological polar surface area (TPSA) is 58.3 Å². The molecule has 0 atom stereocenters. The second-order valence-electron chi connectivity index (χ2n) is 3.38. The van der Waals surface area contributed by atoms with Crippen LogP contribution in [-0.4, -0.2) is 31.9 Å². The van der Waals surface area contributed by atoms with Crippen LogP contribution in [0.4, 0.5) is 0 Å². The quantitative estimate of drug-likeness (QED) is 0.525. The molecule has 0 rings (SSSR count). The Balaban J connectivity index is 0. The fourth-order valence-corrected chi connectivity index (χ4v) is 1.08. The summed E-state index contributed by atoms with van der Waals surface area (Å²) in [6.07, 6.45) is 8.38. The SMILES string of the molecule is CCCCCCCCNC.NCCO. The van der Waals surface area contributed by atoms with Gasteiger partial charge < -0.3 is 16.2 Å². The Kier molecular flexibility index (Phi) is 21.7. The Labute approximate surface area is 89.1 Å². The van der Waals surface area contributed by atoms with Gasteiger partial charge in [0.1, 0.15) is 0 Å². The molecule has 3 heteroatoms. The van der Waals surface area contributed by atoms with Gasteiger partial charge in [-0.2, -0.15) is 0 Å². The molecule has 0 aromatic rings. The Morgan fingerprint density at radius 1 is 1.07 bits per heavy atom. The Bertz CT molecular complexity index is 69.7. The first kappa shape index (κ1) is 16.3. The molecule has 0 aliphatic rings. The average Bonchev–Trinajstić information content (AvgIpc) is 2.24. The van der Waals surface area contributed by atoms with Crippen molar-refractivity contribution in [2.24, 2.45) is 5.73 Å². The molecule has 0 saturated heterocycles. The van der Waals surface area contributed by atoms with Crippen molar-refractivity contribution in [1.82, 2.24) is 5.32 Å². The fraction of sp³-hybridized carbons (Fsp3) is 1.00. The maximum absolute atomic E-state index is 7.75. The molecule has 0 spiro atoms. The highest BCUT2D eigenvalue weighted by atomic mass is 16.3. The third kappa shape index (κ3) is 22.6. The Morgan fingerprint density at radius 3 is 2.00 bits per heavy atom. The molecule has 0 fully saturated rings. The highest BCUT2D eigenvalue weighted by Gasteiger charge is 1.87. The molecule has 0 aromatic heterocycles. The van der Waals surface area contributed by atoms with Gasteiger partial charge in [0, 0.05) is 6.54 Å². The van der Waals surface area contributed by atoms with Crippen LogP contribution >= 0.6 is 0 Å². The number of hydrogen-bond donors (Lipinski definition) is 3. The molecule has 0 radical (unpaired) electrons. The van der Waals surface area contributed by atoms with Crippen LogP contribution in [0.5, 0.6) is 0 Å². The molecule has 0 aliphatic heterocycles. The molecule has 0 aromatic carbocycles. The minimum Gasteiger partial charge on any atom is -0.395 e. The number of nitrogens with one attached hydrogen (secondary N) is 1. The van der Waals surface area contributed by atoms with E-state index in [4.69, 9.17) is 10.8 Å². The fourth-order valence-electron chi connectivity index (χ4n) is 1.08. The number of aliphatic hydroxyl groups excluding tert-OH is 1. The molecule has 0 unspecified atom stereocenters. The molecule has 0 heterocycles. The van der Waals surface area contributed by atoms with E-state index < -0.39 is 0 Å². The van der Waals surface area contributed by atoms with Crippen molar-refractivity contribution in [3.8, 4) is 0 Å². The van der Waals surface area contributed by atoms with Crippen molar-refractivity contribution >= 4 is 0 Å². The summed E-state index contributed by atoms with van der Waals surface area (Å²) in [4.78, 5) is 0. The van der Waals surface area contributed by atoms with E-state index in [1.54, 1.807) is 0 Å². The number of hydrogen-bond acceptors (Lipinski definition) is 3. The molecule has 88 valence electrons. The van der Waals surface area contributed by atoms with Crippen molar-refractivity contribution in [3.63, 3.8) is 0 Å². The highest BCUT2D eigenvalue weighted by Crippen LogP contribution is 2.03. The second-order valence-corrected chi connectivity index (χ2v) is 3.38. The summed E-state index contributed by atoms with van der Waals surface area (Å²) in [5.74, 6) is 0. The zero-order valence-electron chi connectivity index (χ0n) is 9.89. The third-order valence-corrected chi connectivity index (χ3v) is 1.91. The number of rotatable bonds is 8. The second kappa shape index (κ2) is 18.6. The van der Waals surface area contributed by atoms with Gasteiger partial charge in [0.05, 0.1) is 6.61 Å². The van der Waals surface area contributed by atoms with E-state index in [9.17, 15) is 0 Å². The van der Waals surface area contributed by atoms with Gasteiger partial charge in [-0.3, -0.25) is 0 Å². The van der Waals surface area contributed by atoms with E-state index in [1.807, 2.05) is 7.05 Å². The first-order chi connectivity index (χ1) is 6.83. The van der Waals surface area contributed by atoms with Crippen LogP contribution in [0.15, 0.2) is 0 Å². The zero-order chi connectivity index (χ0) is 11.1. The number of nitrogens with two attached hydrogens (primary N) is 1. The van der Waals surface area contributed by atoms with Crippen LogP contribution in [-0.2, 0) is 0 Å². The molecule has 0 saturated carbocycles. The first-order valence-corrected chi connectivity index (χ1v) is 5.79. The predicted octanol–water partition coefficient (Wildman–Crippen LogP) is 1.50. The lowest BCUT2D eigenvalue weighted by Crippen LogP contribution is -2.06. The Hall–Kier alpha value is -0.120. The first-order valence-electron chi connectivity index (χ1n) is 5.79. The summed E-state index contributed by atoms with van der Waals surface area (Å²) in [7, 11) is 2.02. The van der Waals surface area contributed by atoms with E-state index in [2.05, 4.69) is 12.2 Å². The Morgan fingerprint density at radius 2 is 1.57 bits per heavy atom. The van der Waals surface area contributed by atoms with Crippen LogP contribution in [0, 0.1) is 0 Å². The van der Waals surface area contributed by atoms with Crippen LogP contribution < -0.4 is 11.1 Å². The maximum Gasteiger partial charge on any atom is 0.0553 e. The molecule has 0 amide bonds. The third-order valence-electron chi connectivity index (χ3n) is 1.91. The van der Waals surface area contributed by atoms with Gasteiger partial charge >= 0.3 is 0 Å². The predicted molar refractivity (Wildman–Crippen MR) is 63.4 cm³/mol. The minimum absolute atomic E-state index is 0.0972. The number of unbranched alkanes of at least 4 members (excludes halogenated alkanes) is 5. The lowest BCUT2D eigenvalue weighted by atomic mass is 10.1. The molecular formula is C11H28N2O. The van der Waals surface area contributed by atoms with E-state index >= 15 is 0 Å². The van der Waals surface area contributed by atoms with E-state index in [-0.39, 0.29) is 6.61 Å². The summed E-state index contributed by atoms with van der Waals surface area (Å²) < 4.78 is 0. The monoisotopic (exact) mass is 204 g/mol. The number of aliphatic hydroxyl groups is 1. The van der Waals surface area contributed by atoms with Gasteiger partial charge in [0.2, 0.25) is 0 Å². The minimum atomic E-state index is 0.0972. The highest BCUT2D eigenvalue weighted by molar-refractivity contribution is 4.45. The van der Waals surface area contributed by atoms with Gasteiger partial charge in [-0.15, -0.1) is 0 Å². The molecule has 0 aliphatic carbocycles. The summed E-state index contributed by atoms with van der Waals surface area (Å²) in [5.41, 5.74) is 4.78. The summed E-state index contributed by atoms with van der Waals surface area (Å²) in [5, 5.41) is 10.9. The lowest BCUT2D eigenvalue weighted by Gasteiger charge is -1.98. The van der Waals surface area contributed by atoms with Crippen molar-refractivity contribution in [1.29, 1.82) is 0 Å². The van der Waals surface area contributed by atoms with E-state index in [0.717, 1.165) is 0 Å². The van der Waals surface area contributed by atoms with Gasteiger partial charge in [-0.25, -0.2) is 0 Å².